The Hall–Kier alpha value is -3.29. The van der Waals surface area contributed by atoms with Crippen molar-refractivity contribution in [3.05, 3.63) is 42.4 Å². The summed E-state index contributed by atoms with van der Waals surface area (Å²) in [6.45, 7) is -0.146. The summed E-state index contributed by atoms with van der Waals surface area (Å²) in [4.78, 5) is 15.5. The third-order valence-electron chi connectivity index (χ3n) is 6.91. The highest BCUT2D eigenvalue weighted by Gasteiger charge is 2.46. The van der Waals surface area contributed by atoms with Crippen molar-refractivity contribution in [3.8, 4) is 5.88 Å². The van der Waals surface area contributed by atoms with Crippen LogP contribution in [0.3, 0.4) is 0 Å². The Morgan fingerprint density at radius 3 is 2.64 bits per heavy atom. The Morgan fingerprint density at radius 1 is 1.22 bits per heavy atom. The van der Waals surface area contributed by atoms with Gasteiger partial charge in [0.15, 0.2) is 5.82 Å². The van der Waals surface area contributed by atoms with Crippen LogP contribution in [0.2, 0.25) is 0 Å². The van der Waals surface area contributed by atoms with Crippen LogP contribution in [0.15, 0.2) is 41.6 Å². The van der Waals surface area contributed by atoms with Crippen molar-refractivity contribution >= 4 is 27.6 Å². The van der Waals surface area contributed by atoms with E-state index in [0.717, 1.165) is 19.3 Å². The predicted octanol–water partition coefficient (Wildman–Crippen LogP) is 2.05. The van der Waals surface area contributed by atoms with Gasteiger partial charge in [0.05, 0.1) is 19.4 Å². The highest BCUT2D eigenvalue weighted by Crippen LogP contribution is 2.40. The molecule has 0 aromatic carbocycles. The van der Waals surface area contributed by atoms with E-state index in [2.05, 4.69) is 30.5 Å². The van der Waals surface area contributed by atoms with Crippen LogP contribution in [-0.2, 0) is 16.6 Å². The molecule has 2 fully saturated rings. The zero-order valence-corrected chi connectivity index (χ0v) is 21.0. The first kappa shape index (κ1) is 24.4. The maximum Gasteiger partial charge on any atom is 0.245 e. The minimum absolute atomic E-state index is 0.0620. The molecule has 0 saturated carbocycles. The van der Waals surface area contributed by atoms with Gasteiger partial charge in [0.25, 0.3) is 0 Å². The quantitative estimate of drug-likeness (QED) is 0.408. The van der Waals surface area contributed by atoms with Crippen molar-refractivity contribution in [2.24, 2.45) is 0 Å². The van der Waals surface area contributed by atoms with Crippen LogP contribution in [0.1, 0.15) is 37.8 Å². The fraction of sp³-hybridized carbons (Fsp3) is 0.478. The zero-order valence-electron chi connectivity index (χ0n) is 20.2. The molecule has 2 aliphatic rings. The van der Waals surface area contributed by atoms with Gasteiger partial charge in [-0.3, -0.25) is 10.1 Å². The molecule has 192 valence electrons. The molecule has 3 aromatic heterocycles. The van der Waals surface area contributed by atoms with Gasteiger partial charge in [-0.25, -0.2) is 8.42 Å². The van der Waals surface area contributed by atoms with E-state index in [4.69, 9.17) is 4.74 Å². The summed E-state index contributed by atoms with van der Waals surface area (Å²) in [6, 6.07) is 6.49. The topological polar surface area (TPSA) is 149 Å². The highest BCUT2D eigenvalue weighted by atomic mass is 32.2. The molecule has 5 rings (SSSR count). The molecule has 0 unspecified atom stereocenters. The predicted molar refractivity (Wildman–Crippen MR) is 132 cm³/mol. The Kier molecular flexibility index (Phi) is 6.77. The summed E-state index contributed by atoms with van der Waals surface area (Å²) < 4.78 is 34.1. The number of sulfonamides is 1. The lowest BCUT2D eigenvalue weighted by Crippen LogP contribution is -2.58. The number of anilines is 3. The Labute approximate surface area is 209 Å². The second kappa shape index (κ2) is 9.99. The van der Waals surface area contributed by atoms with Crippen molar-refractivity contribution in [2.45, 2.75) is 61.7 Å². The fourth-order valence-electron chi connectivity index (χ4n) is 5.18. The number of hydrogen-bond acceptors (Lipinski definition) is 10. The molecule has 0 aliphatic carbocycles. The maximum absolute atomic E-state index is 13.5. The summed E-state index contributed by atoms with van der Waals surface area (Å²) in [7, 11) is -0.149. The number of hydrogen-bond donors (Lipinski definition) is 3. The number of nitrogens with one attached hydrogen (secondary N) is 2. The number of nitrogens with zero attached hydrogens (tertiary/aromatic N) is 6. The van der Waals surface area contributed by atoms with Crippen molar-refractivity contribution in [1.82, 2.24) is 29.5 Å². The zero-order chi connectivity index (χ0) is 25.3. The summed E-state index contributed by atoms with van der Waals surface area (Å²) in [5.41, 5.74) is 0.579. The normalized spacial score (nSPS) is 22.2. The number of aromatic nitrogens is 5. The number of ether oxygens (including phenoxy) is 1. The lowest BCUT2D eigenvalue weighted by molar-refractivity contribution is 0.109. The van der Waals surface area contributed by atoms with Gasteiger partial charge in [0, 0.05) is 49.7 Å². The van der Waals surface area contributed by atoms with Crippen LogP contribution < -0.4 is 15.0 Å². The lowest BCUT2D eigenvalue weighted by atomic mass is 9.83. The molecule has 36 heavy (non-hydrogen) atoms. The number of fused-ring (bicyclic) bond motifs is 2. The second-order valence-corrected chi connectivity index (χ2v) is 11.0. The highest BCUT2D eigenvalue weighted by molar-refractivity contribution is 7.89. The third kappa shape index (κ3) is 4.73. The summed E-state index contributed by atoms with van der Waals surface area (Å²) in [5.74, 6) is 1.87. The van der Waals surface area contributed by atoms with Crippen LogP contribution in [-0.4, -0.2) is 75.3 Å². The SMILES string of the molecule is COc1cc(Nc2cc(CO)[nH]n2)nc(N(C)[C@@H]2C[C@H]3CCC[C@@H](C2)N3S(=O)(=O)c2cccnc2)n1. The summed E-state index contributed by atoms with van der Waals surface area (Å²) in [5, 5.41) is 19.2. The van der Waals surface area contributed by atoms with Crippen LogP contribution >= 0.6 is 0 Å². The largest absolute Gasteiger partial charge is 0.481 e. The van der Waals surface area contributed by atoms with E-state index in [0.29, 0.717) is 42.0 Å². The van der Waals surface area contributed by atoms with Crippen molar-refractivity contribution in [3.63, 3.8) is 0 Å². The number of piperidine rings is 2. The van der Waals surface area contributed by atoms with Crippen molar-refractivity contribution < 1.29 is 18.3 Å². The molecule has 2 saturated heterocycles. The molecule has 2 bridgehead atoms. The summed E-state index contributed by atoms with van der Waals surface area (Å²) >= 11 is 0. The Bertz CT molecular complexity index is 1290. The van der Waals surface area contributed by atoms with Crippen LogP contribution in [0.5, 0.6) is 5.88 Å². The second-order valence-electron chi connectivity index (χ2n) is 9.16. The maximum atomic E-state index is 13.5. The van der Waals surface area contributed by atoms with Gasteiger partial charge in [-0.1, -0.05) is 6.42 Å². The molecule has 13 heteroatoms. The number of methoxy groups -OCH3 is 1. The lowest BCUT2D eigenvalue weighted by Gasteiger charge is -2.49. The number of aliphatic hydroxyl groups excluding tert-OH is 1. The van der Waals surface area contributed by atoms with Gasteiger partial charge in [0.1, 0.15) is 10.7 Å². The molecule has 3 N–H and O–H groups in total. The van der Waals surface area contributed by atoms with Gasteiger partial charge < -0.3 is 20.1 Å². The number of aromatic amines is 1. The van der Waals surface area contributed by atoms with E-state index in [1.807, 2.05) is 11.9 Å². The minimum Gasteiger partial charge on any atom is -0.481 e. The van der Waals surface area contributed by atoms with Crippen molar-refractivity contribution in [2.75, 3.05) is 24.4 Å². The first-order valence-electron chi connectivity index (χ1n) is 11.9. The van der Waals surface area contributed by atoms with E-state index >= 15 is 0 Å². The number of rotatable bonds is 8. The van der Waals surface area contributed by atoms with Gasteiger partial charge in [-0.2, -0.15) is 19.4 Å². The van der Waals surface area contributed by atoms with E-state index < -0.39 is 10.0 Å². The molecule has 2 aliphatic heterocycles. The molecule has 0 spiro atoms. The first-order valence-corrected chi connectivity index (χ1v) is 13.3. The first-order chi connectivity index (χ1) is 17.4. The van der Waals surface area contributed by atoms with Gasteiger partial charge in [-0.05, 0) is 37.8 Å². The van der Waals surface area contributed by atoms with Crippen molar-refractivity contribution in [1.29, 1.82) is 0 Å². The van der Waals surface area contributed by atoms with E-state index in [9.17, 15) is 13.5 Å². The standard InChI is InChI=1S/C23H30N8O4S/c1-30(23-26-20(12-22(27-23)35-2)25-21-9-15(14-32)28-29-21)18-10-16-5-3-6-17(11-18)31(16)36(33,34)19-7-4-8-24-13-19/h4,7-9,12-13,16-18,32H,3,5-6,10-11,14H2,1-2H3,(H2,25,26,27,28,29)/t16-,17+,18-. The third-order valence-corrected chi connectivity index (χ3v) is 8.90. The number of pyridine rings is 1. The molecular weight excluding hydrogens is 484 g/mol. The van der Waals surface area contributed by atoms with Gasteiger partial charge in [0.2, 0.25) is 21.9 Å². The average molecular weight is 515 g/mol. The smallest absolute Gasteiger partial charge is 0.245 e. The molecule has 12 nitrogen and oxygen atoms in total. The average Bonchev–Trinajstić information content (AvgIpc) is 3.35. The van der Waals surface area contributed by atoms with E-state index in [1.54, 1.807) is 41.9 Å². The minimum atomic E-state index is -3.62. The monoisotopic (exact) mass is 514 g/mol. The molecular formula is C23H30N8O4S. The van der Waals surface area contributed by atoms with E-state index in [-0.39, 0.29) is 29.6 Å². The molecule has 5 heterocycles. The van der Waals surface area contributed by atoms with Gasteiger partial charge in [-0.15, -0.1) is 0 Å². The van der Waals surface area contributed by atoms with Gasteiger partial charge >= 0.3 is 0 Å². The number of aliphatic hydroxyl groups is 1. The van der Waals surface area contributed by atoms with Crippen LogP contribution in [0.4, 0.5) is 17.6 Å². The Morgan fingerprint density at radius 2 is 2.00 bits per heavy atom. The van der Waals surface area contributed by atoms with E-state index in [1.165, 1.54) is 6.20 Å². The Balaban J connectivity index is 1.37. The molecule has 3 atom stereocenters. The van der Waals surface area contributed by atoms with Crippen LogP contribution in [0, 0.1) is 0 Å². The number of H-pyrrole nitrogens is 1. The molecule has 0 radical (unpaired) electrons. The van der Waals surface area contributed by atoms with Crippen LogP contribution in [0.25, 0.3) is 0 Å². The molecule has 0 amide bonds. The molecule has 3 aromatic rings. The fourth-order valence-corrected chi connectivity index (χ4v) is 7.04. The summed E-state index contributed by atoms with van der Waals surface area (Å²) in [6.07, 6.45) is 7.00.